The quantitative estimate of drug-likeness (QED) is 0.634. The molecule has 62 valence electrons. The summed E-state index contributed by atoms with van der Waals surface area (Å²) in [5.41, 5.74) is 5.76. The summed E-state index contributed by atoms with van der Waals surface area (Å²) in [7, 11) is 0. The highest BCUT2D eigenvalue weighted by Crippen LogP contribution is 2.50. The molecule has 0 bridgehead atoms. The summed E-state index contributed by atoms with van der Waals surface area (Å²) in [6.07, 6.45) is 3.24. The zero-order valence-electron chi connectivity index (χ0n) is 6.68. The molecule has 0 atom stereocenters. The van der Waals surface area contributed by atoms with Crippen LogP contribution in [0, 0.1) is 16.7 Å². The molecule has 1 aliphatic rings. The Kier molecular flexibility index (Phi) is 3.22. The number of nitrogens with zero attached hydrogens (tertiary/aromatic N) is 1. The molecule has 0 aromatic carbocycles. The van der Waals surface area contributed by atoms with Crippen LogP contribution in [0.2, 0.25) is 0 Å². The van der Waals surface area contributed by atoms with E-state index in [0.717, 1.165) is 24.5 Å². The van der Waals surface area contributed by atoms with E-state index in [4.69, 9.17) is 11.0 Å². The van der Waals surface area contributed by atoms with Crippen LogP contribution in [0.1, 0.15) is 19.3 Å². The van der Waals surface area contributed by atoms with Gasteiger partial charge in [0.25, 0.3) is 0 Å². The molecule has 1 fully saturated rings. The van der Waals surface area contributed by atoms with Crippen LogP contribution < -0.4 is 5.73 Å². The van der Waals surface area contributed by atoms with E-state index in [2.05, 4.69) is 6.07 Å². The molecule has 0 spiro atoms. The van der Waals surface area contributed by atoms with Gasteiger partial charge in [0.05, 0.1) is 6.07 Å². The lowest BCUT2D eigenvalue weighted by Gasteiger charge is -2.08. The summed E-state index contributed by atoms with van der Waals surface area (Å²) in [5.74, 6) is 2.17. The third-order valence-corrected chi connectivity index (χ3v) is 3.42. The zero-order valence-corrected chi connectivity index (χ0v) is 7.49. The topological polar surface area (TPSA) is 49.8 Å². The maximum absolute atomic E-state index is 8.51. The number of rotatable bonds is 5. The van der Waals surface area contributed by atoms with Crippen molar-refractivity contribution < 1.29 is 0 Å². The van der Waals surface area contributed by atoms with E-state index in [0.29, 0.717) is 5.41 Å². The number of hydrogen-bond acceptors (Lipinski definition) is 3. The second-order valence-corrected chi connectivity index (χ2v) is 4.28. The third kappa shape index (κ3) is 2.72. The number of nitrogens with two attached hydrogens (primary N) is 1. The van der Waals surface area contributed by atoms with Gasteiger partial charge in [-0.15, -0.1) is 0 Å². The highest BCUT2D eigenvalue weighted by molar-refractivity contribution is 7.99. The molecule has 0 unspecified atom stereocenters. The zero-order chi connectivity index (χ0) is 8.16. The fraction of sp³-hybridized carbons (Fsp3) is 0.875. The van der Waals surface area contributed by atoms with Crippen LogP contribution in [0.25, 0.3) is 0 Å². The molecule has 3 heteroatoms. The van der Waals surface area contributed by atoms with Crippen LogP contribution in [0.5, 0.6) is 0 Å². The van der Waals surface area contributed by atoms with E-state index < -0.39 is 0 Å². The van der Waals surface area contributed by atoms with Gasteiger partial charge in [-0.05, 0) is 24.0 Å². The fourth-order valence-corrected chi connectivity index (χ4v) is 2.22. The monoisotopic (exact) mass is 170 g/mol. The summed E-state index contributed by atoms with van der Waals surface area (Å²) in [6, 6.07) is 2.25. The highest BCUT2D eigenvalue weighted by Gasteiger charge is 2.41. The Morgan fingerprint density at radius 3 is 2.73 bits per heavy atom. The van der Waals surface area contributed by atoms with Gasteiger partial charge in [0.2, 0.25) is 0 Å². The van der Waals surface area contributed by atoms with Crippen molar-refractivity contribution >= 4 is 11.8 Å². The first-order valence-electron chi connectivity index (χ1n) is 3.98. The van der Waals surface area contributed by atoms with Crippen LogP contribution in [0.15, 0.2) is 0 Å². The fourth-order valence-electron chi connectivity index (χ4n) is 1.09. The standard InChI is InChI=1S/C8H14N2S/c9-4-3-8(1-2-8)7-11-6-5-10/h1-3,5-7,10H2. The summed E-state index contributed by atoms with van der Waals surface area (Å²) in [5, 5.41) is 8.51. The second-order valence-electron chi connectivity index (χ2n) is 3.18. The van der Waals surface area contributed by atoms with Gasteiger partial charge in [-0.1, -0.05) is 0 Å². The lowest BCUT2D eigenvalue weighted by molar-refractivity contribution is 0.604. The van der Waals surface area contributed by atoms with Gasteiger partial charge in [0, 0.05) is 18.7 Å². The van der Waals surface area contributed by atoms with Crippen molar-refractivity contribution in [2.45, 2.75) is 19.3 Å². The molecule has 1 rings (SSSR count). The Labute approximate surface area is 72.1 Å². The van der Waals surface area contributed by atoms with Crippen LogP contribution in [0.4, 0.5) is 0 Å². The normalized spacial score (nSPS) is 19.3. The van der Waals surface area contributed by atoms with Crippen molar-refractivity contribution in [2.75, 3.05) is 18.1 Å². The number of nitriles is 1. The maximum atomic E-state index is 8.51. The summed E-state index contributed by atoms with van der Waals surface area (Å²) in [6.45, 7) is 0.757. The Balaban J connectivity index is 2.10. The molecule has 0 radical (unpaired) electrons. The molecule has 0 amide bonds. The van der Waals surface area contributed by atoms with Gasteiger partial charge >= 0.3 is 0 Å². The Morgan fingerprint density at radius 2 is 2.27 bits per heavy atom. The first-order valence-corrected chi connectivity index (χ1v) is 5.13. The Bertz CT molecular complexity index is 158. The molecule has 2 N–H and O–H groups in total. The predicted octanol–water partition coefficient (Wildman–Crippen LogP) is 1.37. The average Bonchev–Trinajstić information content (AvgIpc) is 2.71. The van der Waals surface area contributed by atoms with Gasteiger partial charge in [0.1, 0.15) is 0 Å². The van der Waals surface area contributed by atoms with E-state index in [9.17, 15) is 0 Å². The lowest BCUT2D eigenvalue weighted by Crippen LogP contribution is -2.07. The van der Waals surface area contributed by atoms with Crippen molar-refractivity contribution in [3.05, 3.63) is 0 Å². The molecular formula is C8H14N2S. The van der Waals surface area contributed by atoms with E-state index in [1.807, 2.05) is 11.8 Å². The van der Waals surface area contributed by atoms with Gasteiger partial charge in [-0.25, -0.2) is 0 Å². The molecule has 0 aliphatic heterocycles. The molecular weight excluding hydrogens is 156 g/mol. The third-order valence-electron chi connectivity index (χ3n) is 2.08. The molecule has 1 aliphatic carbocycles. The SMILES string of the molecule is N#CCC1(CSCCN)CC1. The minimum Gasteiger partial charge on any atom is -0.330 e. The lowest BCUT2D eigenvalue weighted by atomic mass is 10.1. The molecule has 0 aromatic rings. The molecule has 11 heavy (non-hydrogen) atoms. The number of hydrogen-bond donors (Lipinski definition) is 1. The van der Waals surface area contributed by atoms with Crippen molar-refractivity contribution in [3.8, 4) is 6.07 Å². The van der Waals surface area contributed by atoms with Gasteiger partial charge in [-0.3, -0.25) is 0 Å². The van der Waals surface area contributed by atoms with E-state index in [-0.39, 0.29) is 0 Å². The van der Waals surface area contributed by atoms with Crippen LogP contribution in [0.3, 0.4) is 0 Å². The minimum atomic E-state index is 0.397. The molecule has 2 nitrogen and oxygen atoms in total. The molecule has 0 aromatic heterocycles. The Morgan fingerprint density at radius 1 is 1.55 bits per heavy atom. The summed E-state index contributed by atoms with van der Waals surface area (Å²) < 4.78 is 0. The van der Waals surface area contributed by atoms with Crippen LogP contribution in [-0.2, 0) is 0 Å². The minimum absolute atomic E-state index is 0.397. The van der Waals surface area contributed by atoms with Crippen molar-refractivity contribution in [3.63, 3.8) is 0 Å². The summed E-state index contributed by atoms with van der Waals surface area (Å²) >= 11 is 1.89. The van der Waals surface area contributed by atoms with E-state index >= 15 is 0 Å². The van der Waals surface area contributed by atoms with Crippen molar-refractivity contribution in [1.29, 1.82) is 5.26 Å². The van der Waals surface area contributed by atoms with Crippen LogP contribution in [-0.4, -0.2) is 18.1 Å². The number of thioether (sulfide) groups is 1. The molecule has 1 saturated carbocycles. The predicted molar refractivity (Wildman–Crippen MR) is 48.3 cm³/mol. The van der Waals surface area contributed by atoms with Crippen molar-refractivity contribution in [1.82, 2.24) is 0 Å². The average molecular weight is 170 g/mol. The highest BCUT2D eigenvalue weighted by atomic mass is 32.2. The molecule has 0 saturated heterocycles. The summed E-state index contributed by atoms with van der Waals surface area (Å²) in [4.78, 5) is 0. The smallest absolute Gasteiger partial charge is 0.0627 e. The van der Waals surface area contributed by atoms with E-state index in [1.165, 1.54) is 12.8 Å². The molecule has 0 heterocycles. The van der Waals surface area contributed by atoms with Gasteiger partial charge < -0.3 is 5.73 Å². The first-order chi connectivity index (χ1) is 5.33. The Hall–Kier alpha value is -0.200. The van der Waals surface area contributed by atoms with Gasteiger partial charge in [0.15, 0.2) is 0 Å². The second kappa shape index (κ2) is 3.99. The van der Waals surface area contributed by atoms with E-state index in [1.54, 1.807) is 0 Å². The van der Waals surface area contributed by atoms with Crippen molar-refractivity contribution in [2.24, 2.45) is 11.1 Å². The largest absolute Gasteiger partial charge is 0.330 e. The maximum Gasteiger partial charge on any atom is 0.0627 e. The van der Waals surface area contributed by atoms with Crippen LogP contribution >= 0.6 is 11.8 Å². The van der Waals surface area contributed by atoms with Gasteiger partial charge in [-0.2, -0.15) is 17.0 Å². The first kappa shape index (κ1) is 8.89.